The van der Waals surface area contributed by atoms with Crippen molar-refractivity contribution in [3.63, 3.8) is 0 Å². The first-order chi connectivity index (χ1) is 4.83. The Morgan fingerprint density at radius 1 is 1.64 bits per heavy atom. The first-order valence-corrected chi connectivity index (χ1v) is 3.20. The van der Waals surface area contributed by atoms with Crippen molar-refractivity contribution in [3.8, 4) is 0 Å². The molecule has 1 rings (SSSR count). The lowest BCUT2D eigenvalue weighted by Crippen LogP contribution is -2.26. The zero-order chi connectivity index (χ0) is 7.40. The van der Waals surface area contributed by atoms with Gasteiger partial charge >= 0.3 is 0 Å². The van der Waals surface area contributed by atoms with E-state index in [0.29, 0.717) is 6.42 Å². The topological polar surface area (TPSA) is 59.4 Å². The van der Waals surface area contributed by atoms with Crippen molar-refractivity contribution in [1.82, 2.24) is 0 Å². The van der Waals surface area contributed by atoms with Crippen LogP contribution in [0.25, 0.3) is 0 Å². The second-order valence-electron chi connectivity index (χ2n) is 2.28. The first-order valence-electron chi connectivity index (χ1n) is 3.20. The van der Waals surface area contributed by atoms with Crippen molar-refractivity contribution in [3.05, 3.63) is 24.2 Å². The minimum atomic E-state index is -0.169. The van der Waals surface area contributed by atoms with Crippen molar-refractivity contribution in [2.45, 2.75) is 12.5 Å². The highest BCUT2D eigenvalue weighted by molar-refractivity contribution is 5.85. The summed E-state index contributed by atoms with van der Waals surface area (Å²) < 4.78 is 4.82. The molecule has 0 aliphatic heterocycles. The van der Waals surface area contributed by atoms with E-state index in [1.54, 1.807) is 12.5 Å². The molecule has 64 valence electrons. The molecule has 0 fully saturated rings. The maximum absolute atomic E-state index is 8.58. The molecule has 0 spiro atoms. The van der Waals surface area contributed by atoms with Gasteiger partial charge in [0.05, 0.1) is 19.1 Å². The lowest BCUT2D eigenvalue weighted by Gasteiger charge is -2.03. The standard InChI is InChI=1S/C7H11NO2.ClH/c8-7(4-9)3-6-1-2-10-5-6;/h1-2,5,7,9H,3-4,8H2;1H. The van der Waals surface area contributed by atoms with Crippen molar-refractivity contribution in [2.24, 2.45) is 5.73 Å². The Kier molecular flexibility index (Phi) is 4.94. The normalized spacial score (nSPS) is 12.2. The molecule has 0 aromatic carbocycles. The summed E-state index contributed by atoms with van der Waals surface area (Å²) in [7, 11) is 0. The number of nitrogens with two attached hydrogens (primary N) is 1. The van der Waals surface area contributed by atoms with Gasteiger partial charge in [-0.05, 0) is 18.1 Å². The Hall–Kier alpha value is -0.510. The fraction of sp³-hybridized carbons (Fsp3) is 0.429. The predicted octanol–water partition coefficient (Wildman–Crippen LogP) is 0.563. The summed E-state index contributed by atoms with van der Waals surface area (Å²) in [4.78, 5) is 0. The molecule has 0 saturated carbocycles. The van der Waals surface area contributed by atoms with Crippen LogP contribution in [0.3, 0.4) is 0 Å². The molecule has 3 N–H and O–H groups in total. The van der Waals surface area contributed by atoms with Crippen molar-refractivity contribution in [1.29, 1.82) is 0 Å². The third kappa shape index (κ3) is 3.41. The van der Waals surface area contributed by atoms with E-state index in [0.717, 1.165) is 5.56 Å². The number of hydrogen-bond donors (Lipinski definition) is 2. The third-order valence-corrected chi connectivity index (χ3v) is 1.31. The van der Waals surface area contributed by atoms with Gasteiger partial charge in [-0.25, -0.2) is 0 Å². The number of aliphatic hydroxyl groups excluding tert-OH is 1. The van der Waals surface area contributed by atoms with Gasteiger partial charge in [-0.15, -0.1) is 12.4 Å². The summed E-state index contributed by atoms with van der Waals surface area (Å²) in [5.74, 6) is 0. The average molecular weight is 178 g/mol. The summed E-state index contributed by atoms with van der Waals surface area (Å²) in [6.07, 6.45) is 3.90. The van der Waals surface area contributed by atoms with Gasteiger partial charge in [0.15, 0.2) is 0 Å². The van der Waals surface area contributed by atoms with E-state index in [1.165, 1.54) is 0 Å². The van der Waals surface area contributed by atoms with Crippen LogP contribution in [0, 0.1) is 0 Å². The molecule has 0 bridgehead atoms. The van der Waals surface area contributed by atoms with E-state index in [-0.39, 0.29) is 25.1 Å². The minimum Gasteiger partial charge on any atom is -0.472 e. The van der Waals surface area contributed by atoms with Gasteiger partial charge in [-0.3, -0.25) is 0 Å². The summed E-state index contributed by atoms with van der Waals surface area (Å²) >= 11 is 0. The fourth-order valence-corrected chi connectivity index (χ4v) is 0.776. The molecule has 1 atom stereocenters. The Bertz CT molecular complexity index is 177. The molecule has 4 heteroatoms. The summed E-state index contributed by atoms with van der Waals surface area (Å²) in [6, 6.07) is 1.67. The third-order valence-electron chi connectivity index (χ3n) is 1.31. The smallest absolute Gasteiger partial charge is 0.0935 e. The Morgan fingerprint density at radius 3 is 2.82 bits per heavy atom. The van der Waals surface area contributed by atoms with Crippen molar-refractivity contribution >= 4 is 12.4 Å². The van der Waals surface area contributed by atoms with Crippen LogP contribution >= 0.6 is 12.4 Å². The number of furan rings is 1. The summed E-state index contributed by atoms with van der Waals surface area (Å²) in [6.45, 7) is 0.0190. The van der Waals surface area contributed by atoms with Crippen LogP contribution in [-0.2, 0) is 6.42 Å². The fourth-order valence-electron chi connectivity index (χ4n) is 0.776. The number of halogens is 1. The molecule has 1 heterocycles. The number of rotatable bonds is 3. The van der Waals surface area contributed by atoms with Crippen molar-refractivity contribution < 1.29 is 9.52 Å². The Labute approximate surface area is 71.6 Å². The second kappa shape index (κ2) is 5.18. The molecule has 1 aromatic heterocycles. The van der Waals surface area contributed by atoms with Gasteiger partial charge in [-0.1, -0.05) is 0 Å². The van der Waals surface area contributed by atoms with Crippen LogP contribution in [0.4, 0.5) is 0 Å². The van der Waals surface area contributed by atoms with E-state index in [9.17, 15) is 0 Å². The molecule has 3 nitrogen and oxygen atoms in total. The highest BCUT2D eigenvalue weighted by atomic mass is 35.5. The van der Waals surface area contributed by atoms with E-state index < -0.39 is 0 Å². The first kappa shape index (κ1) is 10.5. The Morgan fingerprint density at radius 2 is 2.36 bits per heavy atom. The molecule has 0 amide bonds. The SMILES string of the molecule is Cl.NC(CO)Cc1ccoc1. The maximum Gasteiger partial charge on any atom is 0.0935 e. The highest BCUT2D eigenvalue weighted by Crippen LogP contribution is 2.01. The zero-order valence-electron chi connectivity index (χ0n) is 6.06. The average Bonchev–Trinajstić information content (AvgIpc) is 2.40. The zero-order valence-corrected chi connectivity index (χ0v) is 6.88. The monoisotopic (exact) mass is 177 g/mol. The van der Waals surface area contributed by atoms with E-state index in [4.69, 9.17) is 15.3 Å². The molecular formula is C7H12ClNO2. The van der Waals surface area contributed by atoms with E-state index in [1.807, 2.05) is 6.07 Å². The summed E-state index contributed by atoms with van der Waals surface area (Å²) in [5.41, 5.74) is 6.50. The van der Waals surface area contributed by atoms with Crippen LogP contribution < -0.4 is 5.73 Å². The largest absolute Gasteiger partial charge is 0.472 e. The minimum absolute atomic E-state index is 0. The van der Waals surface area contributed by atoms with E-state index >= 15 is 0 Å². The molecule has 11 heavy (non-hydrogen) atoms. The molecule has 0 aliphatic rings. The van der Waals surface area contributed by atoms with E-state index in [2.05, 4.69) is 0 Å². The van der Waals surface area contributed by atoms with Crippen LogP contribution in [-0.4, -0.2) is 17.8 Å². The predicted molar refractivity (Wildman–Crippen MR) is 44.7 cm³/mol. The number of aliphatic hydroxyl groups is 1. The van der Waals surface area contributed by atoms with Gasteiger partial charge in [-0.2, -0.15) is 0 Å². The van der Waals surface area contributed by atoms with Crippen LogP contribution in [0.1, 0.15) is 5.56 Å². The molecule has 0 saturated heterocycles. The van der Waals surface area contributed by atoms with Crippen LogP contribution in [0.5, 0.6) is 0 Å². The quantitative estimate of drug-likeness (QED) is 0.710. The van der Waals surface area contributed by atoms with Gasteiger partial charge < -0.3 is 15.3 Å². The molecular weight excluding hydrogens is 166 g/mol. The van der Waals surface area contributed by atoms with Gasteiger partial charge in [0, 0.05) is 6.04 Å². The maximum atomic E-state index is 8.58. The lowest BCUT2D eigenvalue weighted by atomic mass is 10.1. The second-order valence-corrected chi connectivity index (χ2v) is 2.28. The lowest BCUT2D eigenvalue weighted by molar-refractivity contribution is 0.265. The Balaban J connectivity index is 0.000001000. The highest BCUT2D eigenvalue weighted by Gasteiger charge is 2.01. The van der Waals surface area contributed by atoms with Gasteiger partial charge in [0.1, 0.15) is 0 Å². The van der Waals surface area contributed by atoms with Gasteiger partial charge in [0.25, 0.3) is 0 Å². The molecule has 0 radical (unpaired) electrons. The number of hydrogen-bond acceptors (Lipinski definition) is 3. The molecule has 1 aromatic rings. The van der Waals surface area contributed by atoms with Crippen LogP contribution in [0.2, 0.25) is 0 Å². The molecule has 1 unspecified atom stereocenters. The van der Waals surface area contributed by atoms with Crippen LogP contribution in [0.15, 0.2) is 23.0 Å². The summed E-state index contributed by atoms with van der Waals surface area (Å²) in [5, 5.41) is 8.58. The van der Waals surface area contributed by atoms with Crippen molar-refractivity contribution in [2.75, 3.05) is 6.61 Å². The van der Waals surface area contributed by atoms with Gasteiger partial charge in [0.2, 0.25) is 0 Å². The molecule has 0 aliphatic carbocycles.